The lowest BCUT2D eigenvalue weighted by atomic mass is 10.0. The Morgan fingerprint density at radius 1 is 1.12 bits per heavy atom. The molecule has 0 spiro atoms. The molecule has 2 aromatic carbocycles. The van der Waals surface area contributed by atoms with Gasteiger partial charge in [0.05, 0.1) is 24.6 Å². The van der Waals surface area contributed by atoms with Crippen LogP contribution in [0.2, 0.25) is 0 Å². The molecule has 0 amide bonds. The Hall–Kier alpha value is -4.25. The molecule has 11 nitrogen and oxygen atoms in total. The molecule has 2 aromatic heterocycles. The molecule has 2 heterocycles. The highest BCUT2D eigenvalue weighted by Gasteiger charge is 2.30. The fourth-order valence-corrected chi connectivity index (χ4v) is 3.80. The van der Waals surface area contributed by atoms with Crippen LogP contribution in [-0.2, 0) is 11.3 Å². The van der Waals surface area contributed by atoms with Crippen molar-refractivity contribution in [1.29, 1.82) is 0 Å². The number of carbonyl (C=O) groups is 1. The zero-order valence-corrected chi connectivity index (χ0v) is 18.7. The number of aliphatic hydroxyl groups excluding tert-OH is 1. The summed E-state index contributed by atoms with van der Waals surface area (Å²) < 4.78 is 5.87. The Labute approximate surface area is 195 Å². The van der Waals surface area contributed by atoms with Gasteiger partial charge in [-0.15, -0.1) is 0 Å². The lowest BCUT2D eigenvalue weighted by Crippen LogP contribution is -2.46. The summed E-state index contributed by atoms with van der Waals surface area (Å²) in [5.41, 5.74) is 12.6. The van der Waals surface area contributed by atoms with Gasteiger partial charge < -0.3 is 31.3 Å². The smallest absolute Gasteiger partial charge is 0.334 e. The van der Waals surface area contributed by atoms with Crippen molar-refractivity contribution in [2.75, 3.05) is 23.0 Å². The molecule has 6 N–H and O–H groups in total. The van der Waals surface area contributed by atoms with E-state index < -0.39 is 18.1 Å². The van der Waals surface area contributed by atoms with Gasteiger partial charge in [0, 0.05) is 11.8 Å². The van der Waals surface area contributed by atoms with Gasteiger partial charge in [-0.1, -0.05) is 30.3 Å². The normalized spacial score (nSPS) is 13.0. The number of hydrogen-bond donors (Lipinski definition) is 4. The van der Waals surface area contributed by atoms with E-state index in [4.69, 9.17) is 16.2 Å². The molecule has 0 aliphatic heterocycles. The highest BCUT2D eigenvalue weighted by atomic mass is 16.5. The number of aromatic nitrogens is 4. The number of nitrogens with two attached hydrogens (primary N) is 2. The van der Waals surface area contributed by atoms with Crippen LogP contribution < -0.4 is 21.1 Å². The number of hydrogen-bond acceptors (Lipinski definition) is 10. The molecule has 0 bridgehead atoms. The summed E-state index contributed by atoms with van der Waals surface area (Å²) in [6, 6.07) is 10.7. The van der Waals surface area contributed by atoms with Gasteiger partial charge in [0.25, 0.3) is 0 Å². The number of fused-ring (bicyclic) bond motifs is 2. The number of carboxylic acids is 1. The predicted octanol–water partition coefficient (Wildman–Crippen LogP) is 1.98. The zero-order valence-electron chi connectivity index (χ0n) is 18.7. The van der Waals surface area contributed by atoms with Gasteiger partial charge in [0.2, 0.25) is 11.9 Å². The fourth-order valence-electron chi connectivity index (χ4n) is 3.80. The van der Waals surface area contributed by atoms with Gasteiger partial charge in [-0.2, -0.15) is 15.0 Å². The van der Waals surface area contributed by atoms with Crippen molar-refractivity contribution in [1.82, 2.24) is 19.9 Å². The number of anilines is 3. The Morgan fingerprint density at radius 2 is 1.88 bits per heavy atom. The maximum atomic E-state index is 11.6. The summed E-state index contributed by atoms with van der Waals surface area (Å²) in [5, 5.41) is 22.2. The van der Waals surface area contributed by atoms with E-state index in [2.05, 4.69) is 19.9 Å². The molecule has 0 radical (unpaired) electrons. The number of ether oxygens (including phenoxy) is 1. The number of aliphatic carboxylic acids is 1. The predicted molar refractivity (Wildman–Crippen MR) is 128 cm³/mol. The van der Waals surface area contributed by atoms with Crippen LogP contribution >= 0.6 is 0 Å². The summed E-state index contributed by atoms with van der Waals surface area (Å²) >= 11 is 0. The first-order chi connectivity index (χ1) is 16.3. The minimum atomic E-state index is -1.70. The molecule has 2 atom stereocenters. The van der Waals surface area contributed by atoms with Crippen molar-refractivity contribution in [2.24, 2.45) is 0 Å². The molecule has 4 rings (SSSR count). The third-order valence-corrected chi connectivity index (χ3v) is 5.57. The molecular weight excluding hydrogens is 438 g/mol. The third kappa shape index (κ3) is 4.33. The van der Waals surface area contributed by atoms with Gasteiger partial charge in [-0.3, -0.25) is 0 Å². The number of nitrogens with zero attached hydrogens (tertiary/aromatic N) is 5. The minimum Gasteiger partial charge on any atom is -0.494 e. The summed E-state index contributed by atoms with van der Waals surface area (Å²) in [6.45, 7) is 4.07. The van der Waals surface area contributed by atoms with Crippen LogP contribution in [0.1, 0.15) is 19.4 Å². The molecule has 176 valence electrons. The largest absolute Gasteiger partial charge is 0.494 e. The van der Waals surface area contributed by atoms with Gasteiger partial charge in [0.15, 0.2) is 11.8 Å². The average molecular weight is 463 g/mol. The van der Waals surface area contributed by atoms with E-state index in [1.54, 1.807) is 11.8 Å². The van der Waals surface area contributed by atoms with Crippen molar-refractivity contribution in [3.8, 4) is 5.75 Å². The molecule has 4 aromatic rings. The van der Waals surface area contributed by atoms with E-state index >= 15 is 0 Å². The second kappa shape index (κ2) is 9.32. The minimum absolute atomic E-state index is 0.0486. The van der Waals surface area contributed by atoms with Gasteiger partial charge >= 0.3 is 5.97 Å². The molecule has 0 aliphatic rings. The van der Waals surface area contributed by atoms with E-state index in [1.807, 2.05) is 43.3 Å². The summed E-state index contributed by atoms with van der Waals surface area (Å²) in [6.07, 6.45) is -0.253. The van der Waals surface area contributed by atoms with Crippen molar-refractivity contribution in [3.05, 3.63) is 48.2 Å². The van der Waals surface area contributed by atoms with E-state index in [9.17, 15) is 15.0 Å². The molecule has 2 unspecified atom stereocenters. The molecule has 0 saturated carbocycles. The lowest BCUT2D eigenvalue weighted by molar-refractivity contribution is -0.147. The van der Waals surface area contributed by atoms with Crippen LogP contribution in [-0.4, -0.2) is 54.9 Å². The number of rotatable bonds is 8. The summed E-state index contributed by atoms with van der Waals surface area (Å²) in [5.74, 6) is -0.496. The Bertz CT molecular complexity index is 1360. The number of benzene rings is 2. The average Bonchev–Trinajstić information content (AvgIpc) is 2.82. The number of nitrogen functional groups attached to an aromatic ring is 2. The highest BCUT2D eigenvalue weighted by Crippen LogP contribution is 2.32. The topological polar surface area (TPSA) is 174 Å². The first-order valence-corrected chi connectivity index (χ1v) is 10.7. The maximum absolute atomic E-state index is 11.6. The number of carboxylic acid groups (broad SMARTS) is 1. The van der Waals surface area contributed by atoms with Crippen molar-refractivity contribution in [3.63, 3.8) is 0 Å². The van der Waals surface area contributed by atoms with Crippen LogP contribution in [0.25, 0.3) is 21.8 Å². The van der Waals surface area contributed by atoms with Crippen LogP contribution in [0.4, 0.5) is 17.7 Å². The SMILES string of the molecule is CCOc1ccc2ccccc2c1CN(c1ncc2c(N)nc(N)nc2n1)C(C)C(O)C(=O)O. The standard InChI is InChI=1S/C23H25N7O4/c1-3-34-17-9-8-13-6-4-5-7-14(13)16(17)11-30(12(2)18(31)21(32)33)23-26-10-15-19(24)27-22(25)28-20(15)29-23/h4-10,12,18,31H,3,11H2,1-2H3,(H,32,33)(H4,24,25,26,27,28,29). The Balaban J connectivity index is 1.88. The van der Waals surface area contributed by atoms with E-state index in [0.717, 1.165) is 16.3 Å². The molecular formula is C23H25N7O4. The van der Waals surface area contributed by atoms with Crippen molar-refractivity contribution < 1.29 is 19.7 Å². The van der Waals surface area contributed by atoms with Crippen molar-refractivity contribution >= 4 is 45.5 Å². The van der Waals surface area contributed by atoms with E-state index in [0.29, 0.717) is 17.7 Å². The molecule has 0 saturated heterocycles. The molecule has 0 aliphatic carbocycles. The van der Waals surface area contributed by atoms with Crippen LogP contribution in [0.15, 0.2) is 42.6 Å². The second-order valence-corrected chi connectivity index (χ2v) is 7.72. The Kier molecular flexibility index (Phi) is 6.28. The van der Waals surface area contributed by atoms with Gasteiger partial charge in [-0.25, -0.2) is 9.78 Å². The summed E-state index contributed by atoms with van der Waals surface area (Å²) in [4.78, 5) is 30.1. The summed E-state index contributed by atoms with van der Waals surface area (Å²) in [7, 11) is 0. The first kappa shape index (κ1) is 22.9. The zero-order chi connectivity index (χ0) is 24.4. The quantitative estimate of drug-likeness (QED) is 0.301. The highest BCUT2D eigenvalue weighted by molar-refractivity contribution is 5.88. The van der Waals surface area contributed by atoms with E-state index in [-0.39, 0.29) is 29.9 Å². The van der Waals surface area contributed by atoms with Gasteiger partial charge in [0.1, 0.15) is 11.6 Å². The van der Waals surface area contributed by atoms with Crippen molar-refractivity contribution in [2.45, 2.75) is 32.5 Å². The maximum Gasteiger partial charge on any atom is 0.334 e. The molecule has 11 heteroatoms. The Morgan fingerprint density at radius 3 is 2.62 bits per heavy atom. The number of aliphatic hydroxyl groups is 1. The second-order valence-electron chi connectivity index (χ2n) is 7.72. The third-order valence-electron chi connectivity index (χ3n) is 5.57. The first-order valence-electron chi connectivity index (χ1n) is 10.7. The fraction of sp³-hybridized carbons (Fsp3) is 0.261. The molecule has 0 fully saturated rings. The molecule has 34 heavy (non-hydrogen) atoms. The van der Waals surface area contributed by atoms with Crippen LogP contribution in [0.3, 0.4) is 0 Å². The van der Waals surface area contributed by atoms with E-state index in [1.165, 1.54) is 6.20 Å². The monoisotopic (exact) mass is 463 g/mol. The lowest BCUT2D eigenvalue weighted by Gasteiger charge is -2.32. The van der Waals surface area contributed by atoms with Crippen LogP contribution in [0.5, 0.6) is 5.75 Å². The van der Waals surface area contributed by atoms with Gasteiger partial charge in [-0.05, 0) is 30.7 Å². The van der Waals surface area contributed by atoms with Crippen LogP contribution in [0, 0.1) is 0 Å².